The fourth-order valence-corrected chi connectivity index (χ4v) is 2.77. The van der Waals surface area contributed by atoms with Gasteiger partial charge in [-0.25, -0.2) is 4.39 Å². The Balaban J connectivity index is 2.11. The largest absolute Gasteiger partial charge is 0.316 e. The normalized spacial score (nSPS) is 23.5. The third kappa shape index (κ3) is 2.80. The van der Waals surface area contributed by atoms with Gasteiger partial charge in [-0.1, -0.05) is 25.4 Å². The number of nitrogens with one attached hydrogen (secondary N) is 1. The van der Waals surface area contributed by atoms with Crippen LogP contribution in [0.25, 0.3) is 0 Å². The van der Waals surface area contributed by atoms with E-state index in [2.05, 4.69) is 19.2 Å². The lowest BCUT2D eigenvalue weighted by Gasteiger charge is -2.18. The number of hydrogen-bond acceptors (Lipinski definition) is 1. The van der Waals surface area contributed by atoms with Gasteiger partial charge in [-0.2, -0.15) is 0 Å². The summed E-state index contributed by atoms with van der Waals surface area (Å²) in [5.74, 6) is 0.446. The summed E-state index contributed by atoms with van der Waals surface area (Å²) in [6.07, 6.45) is 2.02. The Labute approximate surface area is 107 Å². The van der Waals surface area contributed by atoms with Gasteiger partial charge in [0, 0.05) is 11.1 Å². The van der Waals surface area contributed by atoms with Crippen LogP contribution in [0, 0.1) is 17.2 Å². The highest BCUT2D eigenvalue weighted by molar-refractivity contribution is 6.31. The van der Waals surface area contributed by atoms with Gasteiger partial charge in [-0.15, -0.1) is 0 Å². The second-order valence-electron chi connectivity index (χ2n) is 5.63. The molecule has 0 aliphatic heterocycles. The van der Waals surface area contributed by atoms with Crippen molar-refractivity contribution in [2.45, 2.75) is 32.7 Å². The second kappa shape index (κ2) is 4.58. The van der Waals surface area contributed by atoms with Crippen molar-refractivity contribution < 1.29 is 4.39 Å². The Hall–Kier alpha value is -0.600. The summed E-state index contributed by atoms with van der Waals surface area (Å²) in [5.41, 5.74) is 1.31. The SMILES string of the molecule is CNC(Cc1cc(F)ccc1Cl)C1CC1(C)C. The first-order valence-corrected chi connectivity index (χ1v) is 6.43. The van der Waals surface area contributed by atoms with Crippen molar-refractivity contribution >= 4 is 11.6 Å². The fraction of sp³-hybridized carbons (Fsp3) is 0.571. The third-order valence-electron chi connectivity index (χ3n) is 3.89. The molecule has 0 saturated heterocycles. The van der Waals surface area contributed by atoms with Crippen molar-refractivity contribution in [2.24, 2.45) is 11.3 Å². The lowest BCUT2D eigenvalue weighted by molar-refractivity contribution is 0.425. The zero-order valence-electron chi connectivity index (χ0n) is 10.6. The molecule has 3 heteroatoms. The third-order valence-corrected chi connectivity index (χ3v) is 4.26. The van der Waals surface area contributed by atoms with Gasteiger partial charge in [-0.05, 0) is 55.0 Å². The highest BCUT2D eigenvalue weighted by Crippen LogP contribution is 2.54. The number of benzene rings is 1. The van der Waals surface area contributed by atoms with Gasteiger partial charge in [0.2, 0.25) is 0 Å². The molecule has 1 fully saturated rings. The smallest absolute Gasteiger partial charge is 0.123 e. The van der Waals surface area contributed by atoms with Crippen LogP contribution in [0.2, 0.25) is 5.02 Å². The molecule has 0 heterocycles. The minimum absolute atomic E-state index is 0.214. The first-order valence-electron chi connectivity index (χ1n) is 6.05. The van der Waals surface area contributed by atoms with E-state index >= 15 is 0 Å². The molecular weight excluding hydrogens is 237 g/mol. The topological polar surface area (TPSA) is 12.0 Å². The van der Waals surface area contributed by atoms with E-state index in [0.29, 0.717) is 22.4 Å². The minimum Gasteiger partial charge on any atom is -0.316 e. The lowest BCUT2D eigenvalue weighted by atomic mass is 9.97. The summed E-state index contributed by atoms with van der Waals surface area (Å²) >= 11 is 6.10. The molecule has 0 aromatic heterocycles. The average Bonchev–Trinajstić information content (AvgIpc) is 2.89. The van der Waals surface area contributed by atoms with Crippen LogP contribution in [0.15, 0.2) is 18.2 Å². The molecule has 17 heavy (non-hydrogen) atoms. The molecule has 1 aromatic rings. The molecule has 2 unspecified atom stereocenters. The summed E-state index contributed by atoms with van der Waals surface area (Å²) in [6.45, 7) is 4.55. The molecule has 0 spiro atoms. The van der Waals surface area contributed by atoms with Crippen LogP contribution in [0.5, 0.6) is 0 Å². The molecule has 2 rings (SSSR count). The van der Waals surface area contributed by atoms with Crippen LogP contribution in [0.3, 0.4) is 0 Å². The van der Waals surface area contributed by atoms with E-state index in [1.54, 1.807) is 12.1 Å². The van der Waals surface area contributed by atoms with Crippen molar-refractivity contribution in [1.82, 2.24) is 5.32 Å². The number of hydrogen-bond donors (Lipinski definition) is 1. The van der Waals surface area contributed by atoms with E-state index < -0.39 is 0 Å². The molecule has 0 radical (unpaired) electrons. The van der Waals surface area contributed by atoms with E-state index in [9.17, 15) is 4.39 Å². The Kier molecular flexibility index (Phi) is 3.46. The van der Waals surface area contributed by atoms with Crippen molar-refractivity contribution in [3.63, 3.8) is 0 Å². The van der Waals surface area contributed by atoms with Gasteiger partial charge in [-0.3, -0.25) is 0 Å². The van der Waals surface area contributed by atoms with E-state index in [1.807, 2.05) is 7.05 Å². The van der Waals surface area contributed by atoms with Gasteiger partial charge in [0.05, 0.1) is 0 Å². The van der Waals surface area contributed by atoms with Crippen LogP contribution in [-0.2, 0) is 6.42 Å². The standard InChI is InChI=1S/C14H19ClFN/c1-14(2)8-11(14)13(17-3)7-9-6-10(16)4-5-12(9)15/h4-6,11,13,17H,7-8H2,1-3H3. The molecule has 1 aliphatic carbocycles. The van der Waals surface area contributed by atoms with Crippen molar-refractivity contribution in [2.75, 3.05) is 7.05 Å². The molecule has 1 nitrogen and oxygen atoms in total. The average molecular weight is 256 g/mol. The van der Waals surface area contributed by atoms with Gasteiger partial charge in [0.15, 0.2) is 0 Å². The minimum atomic E-state index is -0.214. The number of halogens is 2. The Morgan fingerprint density at radius 2 is 2.18 bits per heavy atom. The summed E-state index contributed by atoms with van der Waals surface area (Å²) in [4.78, 5) is 0. The van der Waals surface area contributed by atoms with E-state index in [4.69, 9.17) is 11.6 Å². The molecule has 0 bridgehead atoms. The zero-order chi connectivity index (χ0) is 12.6. The van der Waals surface area contributed by atoms with E-state index in [1.165, 1.54) is 12.5 Å². The Bertz CT molecular complexity index is 417. The van der Waals surface area contributed by atoms with Gasteiger partial charge >= 0.3 is 0 Å². The fourth-order valence-electron chi connectivity index (χ4n) is 2.58. The highest BCUT2D eigenvalue weighted by atomic mass is 35.5. The Morgan fingerprint density at radius 3 is 2.71 bits per heavy atom. The number of likely N-dealkylation sites (N-methyl/N-ethyl adjacent to an activating group) is 1. The first kappa shape index (κ1) is 12.8. The molecule has 1 N–H and O–H groups in total. The van der Waals surface area contributed by atoms with Crippen LogP contribution in [0.1, 0.15) is 25.8 Å². The van der Waals surface area contributed by atoms with Crippen LogP contribution in [-0.4, -0.2) is 13.1 Å². The molecule has 2 atom stereocenters. The Morgan fingerprint density at radius 1 is 1.53 bits per heavy atom. The highest BCUT2D eigenvalue weighted by Gasteiger charge is 2.49. The molecule has 1 aromatic carbocycles. The number of rotatable bonds is 4. The maximum absolute atomic E-state index is 13.2. The maximum Gasteiger partial charge on any atom is 0.123 e. The van der Waals surface area contributed by atoms with Crippen molar-refractivity contribution in [3.05, 3.63) is 34.6 Å². The zero-order valence-corrected chi connectivity index (χ0v) is 11.3. The van der Waals surface area contributed by atoms with Crippen LogP contribution >= 0.6 is 11.6 Å². The van der Waals surface area contributed by atoms with E-state index in [0.717, 1.165) is 12.0 Å². The van der Waals surface area contributed by atoms with Gasteiger partial charge < -0.3 is 5.32 Å². The summed E-state index contributed by atoms with van der Waals surface area (Å²) in [7, 11) is 1.96. The van der Waals surface area contributed by atoms with Crippen molar-refractivity contribution in [3.8, 4) is 0 Å². The lowest BCUT2D eigenvalue weighted by Crippen LogP contribution is -2.31. The molecule has 0 amide bonds. The maximum atomic E-state index is 13.2. The molecule has 1 saturated carbocycles. The molecular formula is C14H19ClFN. The van der Waals surface area contributed by atoms with Crippen LogP contribution in [0.4, 0.5) is 4.39 Å². The summed E-state index contributed by atoms with van der Waals surface area (Å²) in [5, 5.41) is 3.99. The second-order valence-corrected chi connectivity index (χ2v) is 6.04. The first-order chi connectivity index (χ1) is 7.94. The van der Waals surface area contributed by atoms with Crippen LogP contribution < -0.4 is 5.32 Å². The predicted molar refractivity (Wildman–Crippen MR) is 69.8 cm³/mol. The van der Waals surface area contributed by atoms with Gasteiger partial charge in [0.25, 0.3) is 0 Å². The van der Waals surface area contributed by atoms with Gasteiger partial charge in [0.1, 0.15) is 5.82 Å². The van der Waals surface area contributed by atoms with Crippen molar-refractivity contribution in [1.29, 1.82) is 0 Å². The summed E-state index contributed by atoms with van der Waals surface area (Å²) < 4.78 is 13.2. The monoisotopic (exact) mass is 255 g/mol. The van der Waals surface area contributed by atoms with E-state index in [-0.39, 0.29) is 5.82 Å². The molecule has 94 valence electrons. The summed E-state index contributed by atoms with van der Waals surface area (Å²) in [6, 6.07) is 4.96. The molecule has 1 aliphatic rings. The quantitative estimate of drug-likeness (QED) is 0.866. The predicted octanol–water partition coefficient (Wildman–Crippen LogP) is 3.66.